The number of fused-ring (bicyclic) bond motifs is 5. The summed E-state index contributed by atoms with van der Waals surface area (Å²) in [5.74, 6) is 1.26. The summed E-state index contributed by atoms with van der Waals surface area (Å²) in [7, 11) is 0. The zero-order valence-corrected chi connectivity index (χ0v) is 22.2. The zero-order chi connectivity index (χ0) is 23.6. The molecule has 1 aromatic rings. The zero-order valence-electron chi connectivity index (χ0n) is 20.6. The van der Waals surface area contributed by atoms with Gasteiger partial charge in [0.25, 0.3) is 0 Å². The number of halogens is 1. The molecule has 33 heavy (non-hydrogen) atoms. The number of hydrogen-bond donors (Lipinski definition) is 1. The predicted molar refractivity (Wildman–Crippen MR) is 134 cm³/mol. The molecule has 0 bridgehead atoms. The number of benzene rings is 1. The van der Waals surface area contributed by atoms with Crippen molar-refractivity contribution >= 4 is 21.7 Å². The summed E-state index contributed by atoms with van der Waals surface area (Å²) in [6, 6.07) is 8.11. The van der Waals surface area contributed by atoms with Gasteiger partial charge in [-0.3, -0.25) is 4.79 Å². The van der Waals surface area contributed by atoms with E-state index >= 15 is 0 Å². The fourth-order valence-electron chi connectivity index (χ4n) is 8.39. The van der Waals surface area contributed by atoms with Crippen molar-refractivity contribution in [1.29, 1.82) is 0 Å². The van der Waals surface area contributed by atoms with E-state index in [9.17, 15) is 9.90 Å². The largest absolute Gasteiger partial charge is 0.365 e. The van der Waals surface area contributed by atoms with E-state index in [-0.39, 0.29) is 16.2 Å². The summed E-state index contributed by atoms with van der Waals surface area (Å²) >= 11 is 3.47. The van der Waals surface area contributed by atoms with Gasteiger partial charge in [0.2, 0.25) is 0 Å². The predicted octanol–water partition coefficient (Wildman–Crippen LogP) is 7.21. The van der Waals surface area contributed by atoms with Gasteiger partial charge in [-0.15, -0.1) is 0 Å². The van der Waals surface area contributed by atoms with Crippen LogP contribution < -0.4 is 0 Å². The van der Waals surface area contributed by atoms with Crippen LogP contribution in [-0.2, 0) is 16.1 Å². The molecule has 0 heterocycles. The number of hydrogen-bond acceptors (Lipinski definition) is 3. The second-order valence-corrected chi connectivity index (χ2v) is 13.1. The quantitative estimate of drug-likeness (QED) is 0.340. The van der Waals surface area contributed by atoms with Gasteiger partial charge in [0.1, 0.15) is 5.78 Å². The molecular formula is C29H39BrO3. The van der Waals surface area contributed by atoms with Gasteiger partial charge in [-0.25, -0.2) is 0 Å². The molecule has 3 saturated carbocycles. The Balaban J connectivity index is 1.34. The highest BCUT2D eigenvalue weighted by Crippen LogP contribution is 2.70. The third-order valence-electron chi connectivity index (χ3n) is 10.9. The van der Waals surface area contributed by atoms with Crippen LogP contribution in [0.3, 0.4) is 0 Å². The van der Waals surface area contributed by atoms with E-state index < -0.39 is 5.79 Å². The fraction of sp³-hybridized carbons (Fsp3) is 0.690. The molecule has 0 spiro atoms. The Morgan fingerprint density at radius 3 is 2.45 bits per heavy atom. The van der Waals surface area contributed by atoms with Gasteiger partial charge in [-0.2, -0.15) is 0 Å². The van der Waals surface area contributed by atoms with Crippen molar-refractivity contribution in [2.75, 3.05) is 0 Å². The standard InChI is InChI=1S/C29H39BrO3/c1-19(31)27(3)13-12-25-23-10-7-21-17-29(32,33-18-20-5-8-22(30)9-6-20)16-15-26(21,2)24(23)11-14-28(25,27)4/h5-9,23-25,32H,10-18H2,1-4H3/t23-,24+,25+,26+,27-,28+,29-/m1/s1. The van der Waals surface area contributed by atoms with Gasteiger partial charge in [0.05, 0.1) is 6.61 Å². The average molecular weight is 516 g/mol. The first kappa shape index (κ1) is 23.8. The van der Waals surface area contributed by atoms with Gasteiger partial charge in [-0.1, -0.05) is 60.5 Å². The third-order valence-corrected chi connectivity index (χ3v) is 11.5. The maximum atomic E-state index is 12.7. The molecule has 1 N–H and O–H groups in total. The van der Waals surface area contributed by atoms with Crippen LogP contribution in [0.4, 0.5) is 0 Å². The van der Waals surface area contributed by atoms with Crippen molar-refractivity contribution in [2.45, 2.75) is 91.5 Å². The van der Waals surface area contributed by atoms with Crippen molar-refractivity contribution in [3.05, 3.63) is 46.0 Å². The molecule has 7 atom stereocenters. The van der Waals surface area contributed by atoms with Crippen LogP contribution in [0.15, 0.2) is 40.4 Å². The number of allylic oxidation sites excluding steroid dienone is 1. The first-order valence-corrected chi connectivity index (χ1v) is 13.6. The van der Waals surface area contributed by atoms with Crippen molar-refractivity contribution in [1.82, 2.24) is 0 Å². The maximum absolute atomic E-state index is 12.7. The van der Waals surface area contributed by atoms with Crippen LogP contribution >= 0.6 is 15.9 Å². The van der Waals surface area contributed by atoms with E-state index in [1.54, 1.807) is 0 Å². The monoisotopic (exact) mass is 514 g/mol. The van der Waals surface area contributed by atoms with Gasteiger partial charge in [-0.05, 0) is 91.7 Å². The van der Waals surface area contributed by atoms with Crippen LogP contribution in [-0.4, -0.2) is 16.7 Å². The highest BCUT2D eigenvalue weighted by molar-refractivity contribution is 9.10. The minimum Gasteiger partial charge on any atom is -0.365 e. The second-order valence-electron chi connectivity index (χ2n) is 12.2. The van der Waals surface area contributed by atoms with Crippen LogP contribution in [0.5, 0.6) is 0 Å². The van der Waals surface area contributed by atoms with Crippen molar-refractivity contribution in [3.8, 4) is 0 Å². The van der Waals surface area contributed by atoms with E-state index in [4.69, 9.17) is 4.74 Å². The maximum Gasteiger partial charge on any atom is 0.169 e. The van der Waals surface area contributed by atoms with Crippen LogP contribution in [0.1, 0.15) is 84.6 Å². The van der Waals surface area contributed by atoms with Crippen molar-refractivity contribution in [2.24, 2.45) is 34.0 Å². The molecule has 0 aromatic heterocycles. The van der Waals surface area contributed by atoms with Gasteiger partial charge < -0.3 is 9.84 Å². The summed E-state index contributed by atoms with van der Waals surface area (Å²) in [6.07, 6.45) is 10.4. The lowest BCUT2D eigenvalue weighted by molar-refractivity contribution is -0.231. The Labute approximate surface area is 207 Å². The molecular weight excluding hydrogens is 476 g/mol. The normalized spacial score (nSPS) is 44.4. The summed E-state index contributed by atoms with van der Waals surface area (Å²) in [6.45, 7) is 9.36. The number of ketones is 1. The number of Topliss-reactive ketones (excluding diaryl/α,β-unsaturated/α-hetero) is 1. The Hall–Kier alpha value is -0.970. The molecule has 0 amide bonds. The topological polar surface area (TPSA) is 46.5 Å². The first-order chi connectivity index (χ1) is 15.5. The number of carbonyl (C=O) groups is 1. The Morgan fingerprint density at radius 2 is 1.76 bits per heavy atom. The van der Waals surface area contributed by atoms with E-state index in [0.29, 0.717) is 43.0 Å². The smallest absolute Gasteiger partial charge is 0.169 e. The molecule has 3 fully saturated rings. The Bertz CT molecular complexity index is 970. The number of ether oxygens (including phenoxy) is 1. The minimum absolute atomic E-state index is 0.130. The molecule has 0 aliphatic heterocycles. The van der Waals surface area contributed by atoms with Gasteiger partial charge >= 0.3 is 0 Å². The van der Waals surface area contributed by atoms with Gasteiger partial charge in [0, 0.05) is 22.7 Å². The van der Waals surface area contributed by atoms with Crippen LogP contribution in [0.2, 0.25) is 0 Å². The lowest BCUT2D eigenvalue weighted by Gasteiger charge is -2.60. The lowest BCUT2D eigenvalue weighted by Crippen LogP contribution is -2.54. The van der Waals surface area contributed by atoms with Crippen molar-refractivity contribution < 1.29 is 14.6 Å². The molecule has 180 valence electrons. The van der Waals surface area contributed by atoms with Crippen LogP contribution in [0, 0.1) is 34.0 Å². The molecule has 0 unspecified atom stereocenters. The molecule has 0 saturated heterocycles. The number of carbonyl (C=O) groups excluding carboxylic acids is 1. The summed E-state index contributed by atoms with van der Waals surface area (Å²) in [5, 5.41) is 11.3. The molecule has 4 heteroatoms. The Morgan fingerprint density at radius 1 is 1.06 bits per heavy atom. The molecule has 0 radical (unpaired) electrons. The highest BCUT2D eigenvalue weighted by atomic mass is 79.9. The second kappa shape index (κ2) is 8.03. The molecule has 1 aromatic carbocycles. The number of aliphatic hydroxyl groups is 1. The third kappa shape index (κ3) is 3.62. The van der Waals surface area contributed by atoms with E-state index in [2.05, 4.69) is 42.8 Å². The summed E-state index contributed by atoms with van der Waals surface area (Å²) < 4.78 is 7.18. The van der Waals surface area contributed by atoms with Crippen LogP contribution in [0.25, 0.3) is 0 Å². The molecule has 4 aliphatic carbocycles. The fourth-order valence-corrected chi connectivity index (χ4v) is 8.65. The number of rotatable bonds is 4. The molecule has 3 nitrogen and oxygen atoms in total. The van der Waals surface area contributed by atoms with E-state index in [1.807, 2.05) is 31.2 Å². The summed E-state index contributed by atoms with van der Waals surface area (Å²) in [4.78, 5) is 12.7. The van der Waals surface area contributed by atoms with Gasteiger partial charge in [0.15, 0.2) is 5.79 Å². The average Bonchev–Trinajstić information content (AvgIpc) is 3.06. The van der Waals surface area contributed by atoms with E-state index in [1.165, 1.54) is 18.4 Å². The van der Waals surface area contributed by atoms with E-state index in [0.717, 1.165) is 35.7 Å². The summed E-state index contributed by atoms with van der Waals surface area (Å²) in [5.41, 5.74) is 2.60. The first-order valence-electron chi connectivity index (χ1n) is 12.8. The minimum atomic E-state index is -1.07. The molecule has 4 aliphatic rings. The SMILES string of the molecule is CC(=O)[C@@]1(C)CC[C@H]2[C@@H]3CC=C4C[C@](O)(OCc5ccc(Br)cc5)CC[C@]4(C)[C@H]3CC[C@@]21C. The lowest BCUT2D eigenvalue weighted by atomic mass is 9.45. The van der Waals surface area contributed by atoms with Crippen molar-refractivity contribution in [3.63, 3.8) is 0 Å². The Kier molecular flexibility index (Phi) is 5.78. The molecule has 5 rings (SSSR count). The highest BCUT2D eigenvalue weighted by Gasteiger charge is 2.64.